The van der Waals surface area contributed by atoms with Crippen LogP contribution < -0.4 is 4.74 Å². The van der Waals surface area contributed by atoms with Crippen molar-refractivity contribution >= 4 is 15.7 Å². The summed E-state index contributed by atoms with van der Waals surface area (Å²) < 4.78 is 36.6. The first-order valence-corrected chi connectivity index (χ1v) is 13.8. The molecule has 188 valence electrons. The van der Waals surface area contributed by atoms with E-state index in [0.29, 0.717) is 25.3 Å². The van der Waals surface area contributed by atoms with Crippen LogP contribution in [0.2, 0.25) is 0 Å². The number of likely N-dealkylation sites (tertiary alicyclic amines) is 1. The third-order valence-electron chi connectivity index (χ3n) is 6.85. The number of aliphatic hydroxyl groups excluding tert-OH is 1. The molecule has 2 heterocycles. The fourth-order valence-electron chi connectivity index (χ4n) is 4.78. The van der Waals surface area contributed by atoms with Crippen LogP contribution in [0.1, 0.15) is 28.8 Å². The fourth-order valence-corrected chi connectivity index (χ4v) is 5.81. The van der Waals surface area contributed by atoms with Gasteiger partial charge in [-0.3, -0.25) is 4.79 Å². The fraction of sp³-hybridized carbons (Fsp3) is 0.321. The number of carbonyl (C=O) groups excluding carboxylic acids is 1. The maximum atomic E-state index is 12.7. The molecule has 1 fully saturated rings. The normalized spacial score (nSPS) is 18.4. The molecule has 36 heavy (non-hydrogen) atoms. The smallest absolute Gasteiger partial charge is 0.253 e. The third-order valence-corrected chi connectivity index (χ3v) is 8.56. The number of sulfone groups is 1. The lowest BCUT2D eigenvalue weighted by atomic mass is 9.94. The zero-order chi connectivity index (χ0) is 25.1. The van der Waals surface area contributed by atoms with Crippen LogP contribution in [0, 0.1) is 5.92 Å². The highest BCUT2D eigenvalue weighted by atomic mass is 32.2. The largest absolute Gasteiger partial charge is 0.464 e. The number of amides is 1. The molecule has 0 radical (unpaired) electrons. The van der Waals surface area contributed by atoms with Gasteiger partial charge in [-0.15, -0.1) is 0 Å². The first-order valence-electron chi connectivity index (χ1n) is 12.1. The van der Waals surface area contributed by atoms with Gasteiger partial charge in [-0.25, -0.2) is 8.42 Å². The lowest BCUT2D eigenvalue weighted by Gasteiger charge is -2.37. The molecule has 1 N–H and O–H groups in total. The molecule has 0 spiro atoms. The summed E-state index contributed by atoms with van der Waals surface area (Å²) in [5, 5.41) is 8.97. The molecule has 3 aromatic carbocycles. The lowest BCUT2D eigenvalue weighted by Crippen LogP contribution is -2.44. The van der Waals surface area contributed by atoms with Gasteiger partial charge >= 0.3 is 0 Å². The minimum absolute atomic E-state index is 0.0661. The molecule has 1 atom stereocenters. The second kappa shape index (κ2) is 10.4. The Hall–Kier alpha value is -3.20. The van der Waals surface area contributed by atoms with Crippen molar-refractivity contribution in [2.75, 3.05) is 25.4 Å². The Morgan fingerprint density at radius 3 is 2.33 bits per heavy atom. The van der Waals surface area contributed by atoms with Crippen LogP contribution in [0.5, 0.6) is 5.75 Å². The number of carbonyl (C=O) groups is 1. The van der Waals surface area contributed by atoms with Gasteiger partial charge < -0.3 is 19.5 Å². The maximum absolute atomic E-state index is 12.7. The maximum Gasteiger partial charge on any atom is 0.253 e. The average molecular weight is 508 g/mol. The van der Waals surface area contributed by atoms with Crippen LogP contribution in [-0.4, -0.2) is 56.1 Å². The summed E-state index contributed by atoms with van der Waals surface area (Å²) in [6.07, 6.45) is 1.30. The molecule has 2 aliphatic heterocycles. The topological polar surface area (TPSA) is 93.1 Å². The quantitative estimate of drug-likeness (QED) is 0.544. The Balaban J connectivity index is 1.21. The minimum atomic E-state index is -3.47. The van der Waals surface area contributed by atoms with Crippen molar-refractivity contribution in [1.29, 1.82) is 0 Å². The molecule has 2 aliphatic rings. The van der Waals surface area contributed by atoms with Gasteiger partial charge in [0.15, 0.2) is 9.84 Å². The number of ether oxygens (including phenoxy) is 2. The van der Waals surface area contributed by atoms with Crippen LogP contribution in [-0.2, 0) is 21.2 Å². The van der Waals surface area contributed by atoms with E-state index in [2.05, 4.69) is 0 Å². The van der Waals surface area contributed by atoms with E-state index in [-0.39, 0.29) is 28.8 Å². The van der Waals surface area contributed by atoms with E-state index in [4.69, 9.17) is 14.6 Å². The average Bonchev–Trinajstić information content (AvgIpc) is 2.93. The van der Waals surface area contributed by atoms with Crippen LogP contribution in [0.25, 0.3) is 11.1 Å². The number of benzene rings is 3. The van der Waals surface area contributed by atoms with Crippen molar-refractivity contribution in [3.8, 4) is 16.9 Å². The van der Waals surface area contributed by atoms with E-state index < -0.39 is 16.4 Å². The van der Waals surface area contributed by atoms with Crippen molar-refractivity contribution in [2.45, 2.75) is 30.6 Å². The van der Waals surface area contributed by atoms with E-state index in [1.165, 1.54) is 0 Å². The standard InChI is InChI=1S/C28H29NO6S/c30-16-17-36(32,33)25-9-6-20(7-10-25)23-8-11-26-24(18-23)19-34-28(35-26)22-12-14-29(15-13-22)27(31)21-4-2-1-3-5-21/h1-11,18,22,28,30H,12-17,19H2. The van der Waals surface area contributed by atoms with Gasteiger partial charge in [-0.05, 0) is 60.4 Å². The SMILES string of the molecule is O=C(c1ccccc1)N1CCC(C2OCc3cc(-c4ccc(S(=O)(=O)CCO)cc4)ccc3O2)CC1. The zero-order valence-corrected chi connectivity index (χ0v) is 20.7. The number of hydrogen-bond acceptors (Lipinski definition) is 6. The zero-order valence-electron chi connectivity index (χ0n) is 19.9. The Kier molecular flexibility index (Phi) is 7.09. The molecular formula is C28H29NO6S. The molecule has 0 aromatic heterocycles. The summed E-state index contributed by atoms with van der Waals surface area (Å²) in [6, 6.07) is 21.9. The highest BCUT2D eigenvalue weighted by Crippen LogP contribution is 2.35. The van der Waals surface area contributed by atoms with Crippen LogP contribution in [0.4, 0.5) is 0 Å². The number of hydrogen-bond donors (Lipinski definition) is 1. The summed E-state index contributed by atoms with van der Waals surface area (Å²) in [5.74, 6) is 0.783. The molecule has 1 unspecified atom stereocenters. The predicted molar refractivity (Wildman–Crippen MR) is 135 cm³/mol. The molecule has 1 saturated heterocycles. The van der Waals surface area contributed by atoms with Gasteiger partial charge in [0.1, 0.15) is 5.75 Å². The monoisotopic (exact) mass is 507 g/mol. The van der Waals surface area contributed by atoms with Crippen LogP contribution >= 0.6 is 0 Å². The number of aliphatic hydroxyl groups is 1. The molecule has 0 bridgehead atoms. The first-order chi connectivity index (χ1) is 17.4. The molecule has 0 aliphatic carbocycles. The van der Waals surface area contributed by atoms with Gasteiger partial charge in [0, 0.05) is 30.1 Å². The van der Waals surface area contributed by atoms with Gasteiger partial charge in [-0.2, -0.15) is 0 Å². The van der Waals surface area contributed by atoms with E-state index >= 15 is 0 Å². The Labute approximate surface area is 211 Å². The molecular weight excluding hydrogens is 478 g/mol. The number of rotatable bonds is 6. The van der Waals surface area contributed by atoms with E-state index in [0.717, 1.165) is 35.3 Å². The van der Waals surface area contributed by atoms with Gasteiger partial charge in [0.05, 0.1) is 23.9 Å². The lowest BCUT2D eigenvalue weighted by molar-refractivity contribution is -0.148. The Morgan fingerprint density at radius 1 is 0.944 bits per heavy atom. The Morgan fingerprint density at radius 2 is 1.64 bits per heavy atom. The minimum Gasteiger partial charge on any atom is -0.464 e. The van der Waals surface area contributed by atoms with Crippen molar-refractivity contribution in [2.24, 2.45) is 5.92 Å². The second-order valence-electron chi connectivity index (χ2n) is 9.18. The molecule has 0 saturated carbocycles. The van der Waals surface area contributed by atoms with Crippen molar-refractivity contribution < 1.29 is 27.8 Å². The first kappa shape index (κ1) is 24.5. The summed E-state index contributed by atoms with van der Waals surface area (Å²) in [6.45, 7) is 1.38. The summed E-state index contributed by atoms with van der Waals surface area (Å²) in [4.78, 5) is 14.8. The Bertz CT molecular complexity index is 1320. The summed E-state index contributed by atoms with van der Waals surface area (Å²) in [7, 11) is -3.47. The molecule has 1 amide bonds. The highest BCUT2D eigenvalue weighted by molar-refractivity contribution is 7.91. The molecule has 8 heteroatoms. The van der Waals surface area contributed by atoms with Gasteiger partial charge in [0.2, 0.25) is 6.29 Å². The molecule has 7 nitrogen and oxygen atoms in total. The molecule has 3 aromatic rings. The molecule has 5 rings (SSSR count). The van der Waals surface area contributed by atoms with E-state index in [9.17, 15) is 13.2 Å². The highest BCUT2D eigenvalue weighted by Gasteiger charge is 2.33. The van der Waals surface area contributed by atoms with Crippen molar-refractivity contribution in [1.82, 2.24) is 4.90 Å². The predicted octanol–water partition coefficient (Wildman–Crippen LogP) is 3.91. The van der Waals surface area contributed by atoms with E-state index in [1.807, 2.05) is 53.4 Å². The van der Waals surface area contributed by atoms with Gasteiger partial charge in [-0.1, -0.05) is 36.4 Å². The summed E-state index contributed by atoms with van der Waals surface area (Å²) >= 11 is 0. The number of fused-ring (bicyclic) bond motifs is 1. The third kappa shape index (κ3) is 5.16. The summed E-state index contributed by atoms with van der Waals surface area (Å²) in [5.41, 5.74) is 3.49. The number of nitrogens with zero attached hydrogens (tertiary/aromatic N) is 1. The number of piperidine rings is 1. The van der Waals surface area contributed by atoms with Crippen molar-refractivity contribution in [3.63, 3.8) is 0 Å². The van der Waals surface area contributed by atoms with E-state index in [1.54, 1.807) is 24.3 Å². The van der Waals surface area contributed by atoms with Crippen molar-refractivity contribution in [3.05, 3.63) is 83.9 Å². The van der Waals surface area contributed by atoms with Crippen LogP contribution in [0.15, 0.2) is 77.7 Å². The van der Waals surface area contributed by atoms with Crippen LogP contribution in [0.3, 0.4) is 0 Å². The van der Waals surface area contributed by atoms with Gasteiger partial charge in [0.25, 0.3) is 5.91 Å². The second-order valence-corrected chi connectivity index (χ2v) is 11.3.